The Morgan fingerprint density at radius 1 is 0.760 bits per heavy atom. The van der Waals surface area contributed by atoms with Gasteiger partial charge in [0.25, 0.3) is 0 Å². The zero-order valence-corrected chi connectivity index (χ0v) is 15.5. The monoisotopic (exact) mass is 360 g/mol. The van der Waals surface area contributed by atoms with Crippen LogP contribution < -0.4 is 0 Å². The van der Waals surface area contributed by atoms with E-state index in [4.69, 9.17) is 23.7 Å². The van der Waals surface area contributed by atoms with E-state index in [1.165, 1.54) is 6.92 Å². The summed E-state index contributed by atoms with van der Waals surface area (Å²) in [6.45, 7) is 12.1. The van der Waals surface area contributed by atoms with Crippen LogP contribution in [0.15, 0.2) is 12.2 Å². The second-order valence-electron chi connectivity index (χ2n) is 6.34. The van der Waals surface area contributed by atoms with Gasteiger partial charge in [0, 0.05) is 5.57 Å². The fourth-order valence-electron chi connectivity index (χ4n) is 1.25. The van der Waals surface area contributed by atoms with Gasteiger partial charge in [-0.15, -0.1) is 0 Å². The van der Waals surface area contributed by atoms with Crippen LogP contribution in [-0.2, 0) is 28.5 Å². The maximum atomic E-state index is 11.6. The molecule has 0 saturated carbocycles. The van der Waals surface area contributed by atoms with Crippen molar-refractivity contribution in [3.8, 4) is 0 Å². The predicted octanol–water partition coefficient (Wildman–Crippen LogP) is 3.09. The van der Waals surface area contributed by atoms with Gasteiger partial charge in [0.05, 0.1) is 13.2 Å². The van der Waals surface area contributed by atoms with E-state index >= 15 is 0 Å². The Morgan fingerprint density at radius 2 is 1.20 bits per heavy atom. The normalized spacial score (nSPS) is 11.6. The molecule has 0 aromatic carbocycles. The Labute approximate surface area is 148 Å². The van der Waals surface area contributed by atoms with E-state index in [1.54, 1.807) is 0 Å². The Hall–Kier alpha value is -2.25. The summed E-state index contributed by atoms with van der Waals surface area (Å²) in [6.07, 6.45) is -2.86. The van der Waals surface area contributed by atoms with Crippen LogP contribution in [0.5, 0.6) is 0 Å². The summed E-state index contributed by atoms with van der Waals surface area (Å²) in [7, 11) is 0. The van der Waals surface area contributed by atoms with Crippen molar-refractivity contribution in [2.24, 2.45) is 11.8 Å². The van der Waals surface area contributed by atoms with E-state index in [9.17, 15) is 14.4 Å². The molecule has 0 N–H and O–H groups in total. The number of esters is 1. The Balaban J connectivity index is 4.50. The van der Waals surface area contributed by atoms with E-state index in [1.807, 2.05) is 27.7 Å². The first-order valence-corrected chi connectivity index (χ1v) is 8.07. The summed E-state index contributed by atoms with van der Waals surface area (Å²) in [4.78, 5) is 34.5. The minimum atomic E-state index is -1.02. The van der Waals surface area contributed by atoms with Crippen molar-refractivity contribution in [1.82, 2.24) is 0 Å². The summed E-state index contributed by atoms with van der Waals surface area (Å²) in [5, 5.41) is 0. The molecular weight excluding hydrogens is 332 g/mol. The number of hydrogen-bond donors (Lipinski definition) is 0. The molecule has 0 heterocycles. The molecule has 0 aromatic rings. The lowest BCUT2D eigenvalue weighted by molar-refractivity contribution is -0.143. The summed E-state index contributed by atoms with van der Waals surface area (Å²) < 4.78 is 24.5. The van der Waals surface area contributed by atoms with E-state index in [2.05, 4.69) is 6.58 Å². The number of hydrogen-bond acceptors (Lipinski definition) is 8. The van der Waals surface area contributed by atoms with Crippen molar-refractivity contribution in [1.29, 1.82) is 0 Å². The highest BCUT2D eigenvalue weighted by Crippen LogP contribution is 2.04. The van der Waals surface area contributed by atoms with E-state index < -0.39 is 24.4 Å². The molecular formula is C17H28O8. The first-order chi connectivity index (χ1) is 11.6. The topological polar surface area (TPSA) is 97.4 Å². The molecule has 8 heteroatoms. The van der Waals surface area contributed by atoms with Crippen molar-refractivity contribution in [3.63, 3.8) is 0 Å². The maximum Gasteiger partial charge on any atom is 0.508 e. The minimum Gasteiger partial charge on any atom is -0.458 e. The van der Waals surface area contributed by atoms with Crippen LogP contribution in [0.25, 0.3) is 0 Å². The minimum absolute atomic E-state index is 0.134. The molecule has 0 amide bonds. The Bertz CT molecular complexity index is 456. The molecule has 0 bridgehead atoms. The molecule has 0 aromatic heterocycles. The summed E-state index contributed by atoms with van der Waals surface area (Å²) >= 11 is 0. The van der Waals surface area contributed by atoms with Gasteiger partial charge < -0.3 is 23.7 Å². The van der Waals surface area contributed by atoms with Gasteiger partial charge in [-0.05, 0) is 18.8 Å². The van der Waals surface area contributed by atoms with Crippen LogP contribution in [0.2, 0.25) is 0 Å². The summed E-state index contributed by atoms with van der Waals surface area (Å²) in [5.74, 6) is -0.358. The Morgan fingerprint density at radius 3 is 1.68 bits per heavy atom. The van der Waals surface area contributed by atoms with Crippen molar-refractivity contribution >= 4 is 18.3 Å². The molecule has 0 aliphatic heterocycles. The molecule has 25 heavy (non-hydrogen) atoms. The average Bonchev–Trinajstić information content (AvgIpc) is 2.52. The molecule has 0 aliphatic rings. The third-order valence-corrected chi connectivity index (χ3v) is 2.47. The number of rotatable bonds is 10. The molecule has 0 radical (unpaired) electrons. The molecule has 8 nitrogen and oxygen atoms in total. The molecule has 0 spiro atoms. The maximum absolute atomic E-state index is 11.6. The zero-order chi connectivity index (χ0) is 19.4. The smallest absolute Gasteiger partial charge is 0.458 e. The Kier molecular flexibility index (Phi) is 11.1. The quantitative estimate of drug-likeness (QED) is 0.333. The van der Waals surface area contributed by atoms with Crippen molar-refractivity contribution < 1.29 is 38.1 Å². The number of carbonyl (C=O) groups is 3. The number of ether oxygens (including phenoxy) is 5. The van der Waals surface area contributed by atoms with Gasteiger partial charge in [-0.25, -0.2) is 14.4 Å². The highest BCUT2D eigenvalue weighted by molar-refractivity contribution is 5.86. The first kappa shape index (κ1) is 22.8. The standard InChI is InChI=1S/C17H28O8/c1-11(2)7-22-16(19)24-10-14(9-21-15(18)13(5)6)25-17(20)23-8-12(3)4/h11-12,14H,5,7-10H2,1-4,6H3. The molecule has 0 aliphatic carbocycles. The van der Waals surface area contributed by atoms with Gasteiger partial charge >= 0.3 is 18.3 Å². The second kappa shape index (κ2) is 12.2. The van der Waals surface area contributed by atoms with Gasteiger partial charge in [-0.2, -0.15) is 0 Å². The van der Waals surface area contributed by atoms with Crippen molar-refractivity contribution in [2.75, 3.05) is 26.4 Å². The fourth-order valence-corrected chi connectivity index (χ4v) is 1.25. The van der Waals surface area contributed by atoms with Gasteiger partial charge in [-0.3, -0.25) is 0 Å². The summed E-state index contributed by atoms with van der Waals surface area (Å²) in [6, 6.07) is 0. The third-order valence-electron chi connectivity index (χ3n) is 2.47. The lowest BCUT2D eigenvalue weighted by Crippen LogP contribution is -2.31. The molecule has 144 valence electrons. The fraction of sp³-hybridized carbons (Fsp3) is 0.706. The second-order valence-corrected chi connectivity index (χ2v) is 6.34. The van der Waals surface area contributed by atoms with Crippen LogP contribution >= 0.6 is 0 Å². The van der Waals surface area contributed by atoms with Gasteiger partial charge in [0.15, 0.2) is 6.10 Å². The van der Waals surface area contributed by atoms with E-state index in [0.717, 1.165) is 0 Å². The summed E-state index contributed by atoms with van der Waals surface area (Å²) in [5.41, 5.74) is 0.193. The van der Waals surface area contributed by atoms with Crippen LogP contribution in [-0.4, -0.2) is 50.8 Å². The van der Waals surface area contributed by atoms with Crippen molar-refractivity contribution in [2.45, 2.75) is 40.7 Å². The predicted molar refractivity (Wildman–Crippen MR) is 89.0 cm³/mol. The van der Waals surface area contributed by atoms with Gasteiger partial charge in [0.1, 0.15) is 13.2 Å². The molecule has 0 fully saturated rings. The van der Waals surface area contributed by atoms with Crippen LogP contribution in [0.3, 0.4) is 0 Å². The third kappa shape index (κ3) is 12.8. The molecule has 0 rings (SSSR count). The largest absolute Gasteiger partial charge is 0.508 e. The average molecular weight is 360 g/mol. The van der Waals surface area contributed by atoms with Gasteiger partial charge in [0.2, 0.25) is 0 Å². The van der Waals surface area contributed by atoms with Crippen LogP contribution in [0.4, 0.5) is 9.59 Å². The van der Waals surface area contributed by atoms with Crippen LogP contribution in [0, 0.1) is 11.8 Å². The lowest BCUT2D eigenvalue weighted by Gasteiger charge is -2.18. The highest BCUT2D eigenvalue weighted by Gasteiger charge is 2.21. The first-order valence-electron chi connectivity index (χ1n) is 8.07. The van der Waals surface area contributed by atoms with Crippen molar-refractivity contribution in [3.05, 3.63) is 12.2 Å². The van der Waals surface area contributed by atoms with Crippen LogP contribution in [0.1, 0.15) is 34.6 Å². The molecule has 1 atom stereocenters. The molecule has 0 saturated heterocycles. The lowest BCUT2D eigenvalue weighted by atomic mass is 10.2. The van der Waals surface area contributed by atoms with E-state index in [0.29, 0.717) is 0 Å². The van der Waals surface area contributed by atoms with E-state index in [-0.39, 0.29) is 43.8 Å². The molecule has 1 unspecified atom stereocenters. The van der Waals surface area contributed by atoms with Gasteiger partial charge in [-0.1, -0.05) is 34.3 Å². The highest BCUT2D eigenvalue weighted by atomic mass is 16.8. The zero-order valence-electron chi connectivity index (χ0n) is 15.5. The number of carbonyl (C=O) groups excluding carboxylic acids is 3. The SMILES string of the molecule is C=C(C)C(=O)OCC(COC(=O)OCC(C)C)OC(=O)OCC(C)C.